The van der Waals surface area contributed by atoms with E-state index >= 15 is 0 Å². The monoisotopic (exact) mass is 553 g/mol. The lowest BCUT2D eigenvalue weighted by Crippen LogP contribution is -2.11. The number of benzene rings is 7. The Balaban J connectivity index is 1.34. The smallest absolute Gasteiger partial charge is 0.0540 e. The predicted octanol–water partition coefficient (Wildman–Crippen LogP) is 12.0. The van der Waals surface area contributed by atoms with Crippen LogP contribution in [0.3, 0.4) is 0 Å². The number of thiophene rings is 1. The maximum atomic E-state index is 2.40. The van der Waals surface area contributed by atoms with Gasteiger partial charge in [-0.2, -0.15) is 0 Å². The van der Waals surface area contributed by atoms with E-state index < -0.39 is 0 Å². The maximum absolute atomic E-state index is 2.40. The highest BCUT2D eigenvalue weighted by atomic mass is 32.1. The minimum Gasteiger partial charge on any atom is -0.310 e. The molecule has 0 saturated heterocycles. The summed E-state index contributed by atoms with van der Waals surface area (Å²) in [5.74, 6) is 0. The molecule has 0 atom stereocenters. The zero-order chi connectivity index (χ0) is 27.9. The van der Waals surface area contributed by atoms with E-state index in [0.29, 0.717) is 0 Å². The first-order valence-electron chi connectivity index (χ1n) is 14.3. The van der Waals surface area contributed by atoms with E-state index in [1.54, 1.807) is 0 Å². The van der Waals surface area contributed by atoms with E-state index in [-0.39, 0.29) is 0 Å². The van der Waals surface area contributed by atoms with Crippen molar-refractivity contribution in [2.75, 3.05) is 4.90 Å². The van der Waals surface area contributed by atoms with Gasteiger partial charge in [-0.3, -0.25) is 0 Å². The van der Waals surface area contributed by atoms with Gasteiger partial charge >= 0.3 is 0 Å². The van der Waals surface area contributed by atoms with Gasteiger partial charge in [0.1, 0.15) is 0 Å². The number of anilines is 3. The van der Waals surface area contributed by atoms with Gasteiger partial charge in [-0.1, -0.05) is 115 Å². The fraction of sp³-hybridized carbons (Fsp3) is 0. The van der Waals surface area contributed by atoms with Crippen molar-refractivity contribution in [1.82, 2.24) is 0 Å². The third-order valence-corrected chi connectivity index (χ3v) is 9.18. The quantitative estimate of drug-likeness (QED) is 0.205. The van der Waals surface area contributed by atoms with Gasteiger partial charge in [-0.25, -0.2) is 0 Å². The molecule has 1 nitrogen and oxygen atoms in total. The maximum Gasteiger partial charge on any atom is 0.0540 e. The molecule has 8 aromatic rings. The molecule has 0 saturated carbocycles. The highest BCUT2D eigenvalue weighted by Crippen LogP contribution is 2.46. The van der Waals surface area contributed by atoms with Crippen molar-refractivity contribution in [3.8, 4) is 22.3 Å². The minimum atomic E-state index is 1.13. The van der Waals surface area contributed by atoms with Gasteiger partial charge in [0, 0.05) is 37.1 Å². The van der Waals surface area contributed by atoms with Gasteiger partial charge in [0.05, 0.1) is 5.69 Å². The van der Waals surface area contributed by atoms with Crippen molar-refractivity contribution in [3.63, 3.8) is 0 Å². The third-order valence-electron chi connectivity index (χ3n) is 8.04. The number of rotatable bonds is 5. The standard InChI is InChI=1S/C40H27NS/c1-2-15-32(16-3-1)41(33-17-10-14-30(27-33)31-25-24-28-12-4-5-13-29(28)26-31)37-21-8-6-18-34(37)35-20-11-23-39-40(35)36-19-7-9-22-38(36)42-39/h1-27H. The van der Waals surface area contributed by atoms with Crippen molar-refractivity contribution >= 4 is 59.3 Å². The molecular formula is C40H27NS. The van der Waals surface area contributed by atoms with Gasteiger partial charge < -0.3 is 4.90 Å². The molecule has 1 aromatic heterocycles. The van der Waals surface area contributed by atoms with Crippen molar-refractivity contribution in [2.24, 2.45) is 0 Å². The van der Waals surface area contributed by atoms with Crippen molar-refractivity contribution in [3.05, 3.63) is 164 Å². The van der Waals surface area contributed by atoms with Gasteiger partial charge in [0.25, 0.3) is 0 Å². The molecule has 0 aliphatic rings. The summed E-state index contributed by atoms with van der Waals surface area (Å²) in [6.07, 6.45) is 0. The highest BCUT2D eigenvalue weighted by molar-refractivity contribution is 7.25. The van der Waals surface area contributed by atoms with E-state index in [0.717, 1.165) is 17.1 Å². The number of para-hydroxylation sites is 2. The highest BCUT2D eigenvalue weighted by Gasteiger charge is 2.19. The Morgan fingerprint density at radius 3 is 2.00 bits per heavy atom. The summed E-state index contributed by atoms with van der Waals surface area (Å²) in [5.41, 5.74) is 8.29. The van der Waals surface area contributed by atoms with Crippen LogP contribution in [0, 0.1) is 0 Å². The molecule has 0 N–H and O–H groups in total. The number of nitrogens with zero attached hydrogens (tertiary/aromatic N) is 1. The second-order valence-electron chi connectivity index (χ2n) is 10.6. The van der Waals surface area contributed by atoms with Crippen LogP contribution in [-0.2, 0) is 0 Å². The average molecular weight is 554 g/mol. The van der Waals surface area contributed by atoms with Crippen LogP contribution >= 0.6 is 11.3 Å². The third kappa shape index (κ3) is 4.25. The molecule has 42 heavy (non-hydrogen) atoms. The van der Waals surface area contributed by atoms with Gasteiger partial charge in [0.15, 0.2) is 0 Å². The topological polar surface area (TPSA) is 3.24 Å². The fourth-order valence-corrected chi connectivity index (χ4v) is 7.23. The molecule has 0 amide bonds. The van der Waals surface area contributed by atoms with Crippen LogP contribution in [0.5, 0.6) is 0 Å². The second kappa shape index (κ2) is 10.3. The summed E-state index contributed by atoms with van der Waals surface area (Å²) >= 11 is 1.86. The van der Waals surface area contributed by atoms with Crippen LogP contribution < -0.4 is 4.90 Å². The fourth-order valence-electron chi connectivity index (χ4n) is 6.09. The lowest BCUT2D eigenvalue weighted by atomic mass is 9.96. The molecule has 0 fully saturated rings. The molecule has 0 aliphatic carbocycles. The Kier molecular flexibility index (Phi) is 6.05. The SMILES string of the molecule is c1ccc(N(c2cccc(-c3ccc4ccccc4c3)c2)c2ccccc2-c2cccc3sc4ccccc4c23)cc1. The second-order valence-corrected chi connectivity index (χ2v) is 11.7. The molecule has 7 aromatic carbocycles. The van der Waals surface area contributed by atoms with E-state index in [2.05, 4.69) is 169 Å². The molecule has 0 unspecified atom stereocenters. The van der Waals surface area contributed by atoms with Crippen molar-refractivity contribution in [2.45, 2.75) is 0 Å². The molecule has 0 spiro atoms. The number of fused-ring (bicyclic) bond motifs is 4. The zero-order valence-electron chi connectivity index (χ0n) is 22.9. The first-order valence-corrected chi connectivity index (χ1v) is 15.1. The van der Waals surface area contributed by atoms with Crippen LogP contribution in [-0.4, -0.2) is 0 Å². The van der Waals surface area contributed by atoms with Gasteiger partial charge in [0.2, 0.25) is 0 Å². The lowest BCUT2D eigenvalue weighted by molar-refractivity contribution is 1.28. The molecule has 0 bridgehead atoms. The normalized spacial score (nSPS) is 11.3. The summed E-state index contributed by atoms with van der Waals surface area (Å²) in [6, 6.07) is 59.2. The molecule has 2 heteroatoms. The molecule has 0 aliphatic heterocycles. The summed E-state index contributed by atoms with van der Waals surface area (Å²) in [7, 11) is 0. The van der Waals surface area contributed by atoms with Crippen LogP contribution in [0.1, 0.15) is 0 Å². The first-order chi connectivity index (χ1) is 20.8. The molecular weight excluding hydrogens is 527 g/mol. The van der Waals surface area contributed by atoms with Crippen LogP contribution in [0.25, 0.3) is 53.2 Å². The Morgan fingerprint density at radius 2 is 1.07 bits per heavy atom. The molecule has 198 valence electrons. The average Bonchev–Trinajstić information content (AvgIpc) is 3.45. The zero-order valence-corrected chi connectivity index (χ0v) is 23.8. The van der Waals surface area contributed by atoms with E-state index in [4.69, 9.17) is 0 Å². The Morgan fingerprint density at radius 1 is 0.405 bits per heavy atom. The Labute approximate surface area is 249 Å². The van der Waals surface area contributed by atoms with Crippen LogP contribution in [0.2, 0.25) is 0 Å². The molecule has 0 radical (unpaired) electrons. The molecule has 8 rings (SSSR count). The summed E-state index contributed by atoms with van der Waals surface area (Å²) in [6.45, 7) is 0. The molecule has 1 heterocycles. The largest absolute Gasteiger partial charge is 0.310 e. The minimum absolute atomic E-state index is 1.13. The Bertz CT molecular complexity index is 2210. The van der Waals surface area contributed by atoms with Crippen molar-refractivity contribution in [1.29, 1.82) is 0 Å². The Hall–Kier alpha value is -5.18. The summed E-state index contributed by atoms with van der Waals surface area (Å²) in [4.78, 5) is 2.40. The summed E-state index contributed by atoms with van der Waals surface area (Å²) < 4.78 is 2.63. The lowest BCUT2D eigenvalue weighted by Gasteiger charge is -2.28. The summed E-state index contributed by atoms with van der Waals surface area (Å²) in [5, 5.41) is 5.14. The van der Waals surface area contributed by atoms with Gasteiger partial charge in [-0.15, -0.1) is 11.3 Å². The number of hydrogen-bond donors (Lipinski definition) is 0. The number of hydrogen-bond acceptors (Lipinski definition) is 2. The van der Waals surface area contributed by atoms with Gasteiger partial charge in [-0.05, 0) is 76.0 Å². The van der Waals surface area contributed by atoms with E-state index in [1.807, 2.05) is 11.3 Å². The predicted molar refractivity (Wildman–Crippen MR) is 182 cm³/mol. The van der Waals surface area contributed by atoms with Crippen LogP contribution in [0.15, 0.2) is 164 Å². The van der Waals surface area contributed by atoms with E-state index in [9.17, 15) is 0 Å². The van der Waals surface area contributed by atoms with Crippen LogP contribution in [0.4, 0.5) is 17.1 Å². The van der Waals surface area contributed by atoms with E-state index in [1.165, 1.54) is 53.2 Å². The van der Waals surface area contributed by atoms with Crippen molar-refractivity contribution < 1.29 is 0 Å². The first kappa shape index (κ1) is 24.6.